The molecule has 3 heterocycles. The first-order valence-corrected chi connectivity index (χ1v) is 11.5. The lowest BCUT2D eigenvalue weighted by Gasteiger charge is -2.07. The summed E-state index contributed by atoms with van der Waals surface area (Å²) in [6.07, 6.45) is 5.67. The van der Waals surface area contributed by atoms with Crippen LogP contribution in [0.4, 0.5) is 0 Å². The molecule has 0 aliphatic heterocycles. The molecule has 3 aromatic heterocycles. The second-order valence-corrected chi connectivity index (χ2v) is 9.54. The van der Waals surface area contributed by atoms with Crippen molar-refractivity contribution in [1.29, 1.82) is 0 Å². The lowest BCUT2D eigenvalue weighted by Crippen LogP contribution is -2.04. The van der Waals surface area contributed by atoms with Gasteiger partial charge in [-0.3, -0.25) is 14.6 Å². The van der Waals surface area contributed by atoms with Gasteiger partial charge in [-0.25, -0.2) is 13.4 Å². The Bertz CT molecular complexity index is 1570. The highest BCUT2D eigenvalue weighted by Gasteiger charge is 2.19. The summed E-state index contributed by atoms with van der Waals surface area (Å²) < 4.78 is 27.8. The minimum absolute atomic E-state index is 0.0261. The molecule has 1 N–H and O–H groups in total. The zero-order valence-electron chi connectivity index (χ0n) is 17.2. The van der Waals surface area contributed by atoms with Crippen molar-refractivity contribution in [1.82, 2.24) is 25.0 Å². The van der Waals surface area contributed by atoms with Crippen LogP contribution in [0.2, 0.25) is 0 Å². The number of carbonyl (C=O) groups excluding carboxylic acids is 1. The molecule has 0 saturated carbocycles. The first-order valence-electron chi connectivity index (χ1n) is 10.00. The molecule has 0 bridgehead atoms. The van der Waals surface area contributed by atoms with Gasteiger partial charge in [-0.2, -0.15) is 10.2 Å². The molecule has 0 amide bonds. The number of benzene rings is 2. The zero-order chi connectivity index (χ0) is 22.3. The van der Waals surface area contributed by atoms with E-state index in [2.05, 4.69) is 20.3 Å². The number of Topliss-reactive ketones (excluding diaryl/α,β-unsaturated/α-hetero) is 1. The van der Waals surface area contributed by atoms with Gasteiger partial charge in [-0.05, 0) is 48.4 Å². The van der Waals surface area contributed by atoms with Crippen LogP contribution in [-0.2, 0) is 23.3 Å². The second-order valence-electron chi connectivity index (χ2n) is 7.59. The minimum atomic E-state index is -3.66. The van der Waals surface area contributed by atoms with E-state index in [1.54, 1.807) is 72.7 Å². The van der Waals surface area contributed by atoms with E-state index in [1.807, 2.05) is 0 Å². The number of H-pyrrole nitrogens is 1. The molecular weight excluding hydrogens is 426 g/mol. The highest BCUT2D eigenvalue weighted by molar-refractivity contribution is 7.91. The van der Waals surface area contributed by atoms with Crippen molar-refractivity contribution in [2.45, 2.75) is 22.6 Å². The number of nitrogens with zero attached hydrogens (tertiary/aromatic N) is 4. The molecule has 0 radical (unpaired) electrons. The van der Waals surface area contributed by atoms with Crippen molar-refractivity contribution in [2.75, 3.05) is 0 Å². The Morgan fingerprint density at radius 2 is 1.75 bits per heavy atom. The zero-order valence-corrected chi connectivity index (χ0v) is 18.0. The van der Waals surface area contributed by atoms with E-state index in [9.17, 15) is 13.2 Å². The van der Waals surface area contributed by atoms with Gasteiger partial charge in [0.05, 0.1) is 27.7 Å². The lowest BCUT2D eigenvalue weighted by molar-refractivity contribution is 0.0982. The maximum absolute atomic E-state index is 13.1. The van der Waals surface area contributed by atoms with Gasteiger partial charge < -0.3 is 0 Å². The van der Waals surface area contributed by atoms with Crippen molar-refractivity contribution in [3.63, 3.8) is 0 Å². The van der Waals surface area contributed by atoms with Crippen LogP contribution >= 0.6 is 0 Å². The van der Waals surface area contributed by atoms with E-state index in [0.717, 1.165) is 21.9 Å². The maximum atomic E-state index is 13.1. The fraction of sp³-hybridized carbons (Fsp3) is 0.130. The molecule has 0 spiro atoms. The Labute approximate surface area is 183 Å². The number of rotatable bonds is 6. The average Bonchev–Trinajstić information content (AvgIpc) is 3.43. The minimum Gasteiger partial charge on any atom is -0.294 e. The second kappa shape index (κ2) is 7.69. The van der Waals surface area contributed by atoms with Crippen LogP contribution in [0.3, 0.4) is 0 Å². The van der Waals surface area contributed by atoms with Crippen LogP contribution in [0.5, 0.6) is 0 Å². The Balaban J connectivity index is 1.31. The van der Waals surface area contributed by atoms with E-state index in [4.69, 9.17) is 0 Å². The number of hydrogen-bond acceptors (Lipinski definition) is 6. The molecule has 0 aliphatic carbocycles. The molecular formula is C23H19N5O3S. The number of carbonyl (C=O) groups is 1. The molecule has 160 valence electrons. The van der Waals surface area contributed by atoms with Crippen LogP contribution in [0.1, 0.15) is 22.3 Å². The topological polar surface area (TPSA) is 111 Å². The van der Waals surface area contributed by atoms with Crippen molar-refractivity contribution in [3.8, 4) is 0 Å². The first kappa shape index (κ1) is 20.1. The Morgan fingerprint density at radius 3 is 2.56 bits per heavy atom. The van der Waals surface area contributed by atoms with Crippen molar-refractivity contribution in [3.05, 3.63) is 78.2 Å². The van der Waals surface area contributed by atoms with Crippen LogP contribution in [0.25, 0.3) is 21.9 Å². The van der Waals surface area contributed by atoms with E-state index in [0.29, 0.717) is 24.1 Å². The van der Waals surface area contributed by atoms with Crippen molar-refractivity contribution < 1.29 is 13.2 Å². The number of sulfone groups is 1. The van der Waals surface area contributed by atoms with Gasteiger partial charge in [0.1, 0.15) is 0 Å². The number of ketones is 1. The Kier molecular flexibility index (Phi) is 4.82. The van der Waals surface area contributed by atoms with Gasteiger partial charge in [-0.15, -0.1) is 0 Å². The van der Waals surface area contributed by atoms with E-state index >= 15 is 0 Å². The van der Waals surface area contributed by atoms with E-state index in [-0.39, 0.29) is 15.6 Å². The van der Waals surface area contributed by atoms with Crippen molar-refractivity contribution >= 4 is 37.6 Å². The van der Waals surface area contributed by atoms with Gasteiger partial charge >= 0.3 is 0 Å². The molecule has 5 rings (SSSR count). The summed E-state index contributed by atoms with van der Waals surface area (Å²) in [5, 5.41) is 12.5. The molecule has 0 unspecified atom stereocenters. The summed E-state index contributed by atoms with van der Waals surface area (Å²) in [6, 6.07) is 13.4. The van der Waals surface area contributed by atoms with Crippen molar-refractivity contribution in [2.24, 2.45) is 7.05 Å². The van der Waals surface area contributed by atoms with Crippen LogP contribution < -0.4 is 0 Å². The largest absolute Gasteiger partial charge is 0.294 e. The highest BCUT2D eigenvalue weighted by Crippen LogP contribution is 2.25. The predicted molar refractivity (Wildman–Crippen MR) is 119 cm³/mol. The number of aromatic amines is 1. The fourth-order valence-electron chi connectivity index (χ4n) is 3.65. The maximum Gasteiger partial charge on any atom is 0.206 e. The van der Waals surface area contributed by atoms with Gasteiger partial charge in [0, 0.05) is 36.0 Å². The summed E-state index contributed by atoms with van der Waals surface area (Å²) in [4.78, 5) is 17.2. The molecule has 0 atom stereocenters. The summed E-state index contributed by atoms with van der Waals surface area (Å²) in [7, 11) is -1.88. The third-order valence-electron chi connectivity index (χ3n) is 5.52. The van der Waals surface area contributed by atoms with Gasteiger partial charge in [0.15, 0.2) is 11.4 Å². The molecule has 0 saturated heterocycles. The number of hydrogen-bond donors (Lipinski definition) is 1. The third kappa shape index (κ3) is 3.56. The lowest BCUT2D eigenvalue weighted by atomic mass is 10.0. The molecule has 5 aromatic rings. The van der Waals surface area contributed by atoms with E-state index < -0.39 is 9.84 Å². The summed E-state index contributed by atoms with van der Waals surface area (Å²) in [6.45, 7) is 0. The summed E-state index contributed by atoms with van der Waals surface area (Å²) >= 11 is 0. The quantitative estimate of drug-likeness (QED) is 0.401. The Morgan fingerprint density at radius 1 is 0.969 bits per heavy atom. The molecule has 0 aliphatic rings. The standard InChI is InChI=1S/C23H19N5O3S/c1-28-21-11-20(8-5-16(21)14-26-28)32(30,31)19-6-2-15(3-7-19)4-9-22(29)17-10-18-13-25-27-23(18)24-12-17/h2-3,5-8,10-14H,4,9H2,1H3,(H,24,25,27). The smallest absolute Gasteiger partial charge is 0.206 e. The van der Waals surface area contributed by atoms with Gasteiger partial charge in [0.2, 0.25) is 9.84 Å². The number of pyridine rings is 1. The third-order valence-corrected chi connectivity index (χ3v) is 7.29. The van der Waals surface area contributed by atoms with E-state index in [1.165, 1.54) is 6.20 Å². The molecule has 0 fully saturated rings. The highest BCUT2D eigenvalue weighted by atomic mass is 32.2. The number of aryl methyl sites for hydroxylation is 2. The predicted octanol–water partition coefficient (Wildman–Crippen LogP) is 3.49. The van der Waals surface area contributed by atoms with Gasteiger partial charge in [0.25, 0.3) is 0 Å². The van der Waals surface area contributed by atoms with Crippen LogP contribution in [-0.4, -0.2) is 39.2 Å². The SMILES string of the molecule is Cn1ncc2ccc(S(=O)(=O)c3ccc(CCC(=O)c4cnc5[nH]ncc5c4)cc3)cc21. The number of fused-ring (bicyclic) bond motifs is 2. The molecule has 2 aromatic carbocycles. The summed E-state index contributed by atoms with van der Waals surface area (Å²) in [5.41, 5.74) is 2.81. The monoisotopic (exact) mass is 445 g/mol. The first-order chi connectivity index (χ1) is 15.4. The fourth-order valence-corrected chi connectivity index (χ4v) is 4.93. The average molecular weight is 446 g/mol. The molecule has 9 heteroatoms. The number of aromatic nitrogens is 5. The molecule has 8 nitrogen and oxygen atoms in total. The molecule has 32 heavy (non-hydrogen) atoms. The normalized spacial score (nSPS) is 11.9. The Hall–Kier alpha value is -3.85. The van der Waals surface area contributed by atoms with Crippen LogP contribution in [0, 0.1) is 0 Å². The van der Waals surface area contributed by atoms with Crippen LogP contribution in [0.15, 0.2) is 76.9 Å². The number of nitrogens with one attached hydrogen (secondary N) is 1. The summed E-state index contributed by atoms with van der Waals surface area (Å²) in [5.74, 6) is -0.0261. The van der Waals surface area contributed by atoms with Gasteiger partial charge in [-0.1, -0.05) is 12.1 Å².